The van der Waals surface area contributed by atoms with Gasteiger partial charge in [0.05, 0.1) is 0 Å². The quantitative estimate of drug-likeness (QED) is 0.0261. The van der Waals surface area contributed by atoms with Crippen molar-refractivity contribution in [2.24, 2.45) is 0 Å². The summed E-state index contributed by atoms with van der Waals surface area (Å²) < 4.78 is 17.0. The van der Waals surface area contributed by atoms with Crippen molar-refractivity contribution < 1.29 is 28.6 Å². The van der Waals surface area contributed by atoms with Crippen molar-refractivity contribution in [1.29, 1.82) is 0 Å². The molecule has 0 aliphatic carbocycles. The molecule has 0 amide bonds. The summed E-state index contributed by atoms with van der Waals surface area (Å²) in [5, 5.41) is 0. The van der Waals surface area contributed by atoms with E-state index in [1.54, 1.807) is 0 Å². The summed E-state index contributed by atoms with van der Waals surface area (Å²) in [6, 6.07) is 0. The van der Waals surface area contributed by atoms with Crippen molar-refractivity contribution in [3.05, 3.63) is 36.5 Å². The zero-order valence-corrected chi connectivity index (χ0v) is 54.8. The predicted octanol–water partition coefficient (Wildman–Crippen LogP) is 25.1. The van der Waals surface area contributed by atoms with Gasteiger partial charge in [-0.2, -0.15) is 0 Å². The lowest BCUT2D eigenvalue weighted by molar-refractivity contribution is -0.167. The van der Waals surface area contributed by atoms with E-state index in [4.69, 9.17) is 14.2 Å². The zero-order chi connectivity index (χ0) is 58.5. The van der Waals surface area contributed by atoms with Crippen molar-refractivity contribution in [2.75, 3.05) is 13.2 Å². The van der Waals surface area contributed by atoms with Crippen LogP contribution in [0.15, 0.2) is 36.5 Å². The Labute approximate surface area is 506 Å². The molecule has 0 aromatic carbocycles. The van der Waals surface area contributed by atoms with Crippen LogP contribution in [0.2, 0.25) is 0 Å². The molecule has 0 saturated heterocycles. The maximum absolute atomic E-state index is 13.0. The van der Waals surface area contributed by atoms with Crippen LogP contribution in [0.1, 0.15) is 406 Å². The molecular weight excluding hydrogens is 997 g/mol. The van der Waals surface area contributed by atoms with Crippen LogP contribution >= 0.6 is 0 Å². The van der Waals surface area contributed by atoms with Gasteiger partial charge in [0.15, 0.2) is 6.10 Å². The summed E-state index contributed by atoms with van der Waals surface area (Å²) >= 11 is 0. The van der Waals surface area contributed by atoms with E-state index in [-0.39, 0.29) is 31.1 Å². The molecule has 1 unspecified atom stereocenters. The van der Waals surface area contributed by atoms with E-state index in [1.165, 1.54) is 283 Å². The van der Waals surface area contributed by atoms with Gasteiger partial charge in [0.1, 0.15) is 13.2 Å². The number of carbonyl (C=O) groups is 3. The van der Waals surface area contributed by atoms with Crippen molar-refractivity contribution in [2.45, 2.75) is 412 Å². The van der Waals surface area contributed by atoms with Crippen LogP contribution in [0.3, 0.4) is 0 Å². The lowest BCUT2D eigenvalue weighted by Gasteiger charge is -2.18. The van der Waals surface area contributed by atoms with Crippen LogP contribution < -0.4 is 0 Å². The van der Waals surface area contributed by atoms with Gasteiger partial charge in [-0.25, -0.2) is 0 Å². The van der Waals surface area contributed by atoms with Crippen LogP contribution in [0.5, 0.6) is 0 Å². The van der Waals surface area contributed by atoms with Gasteiger partial charge < -0.3 is 14.2 Å². The van der Waals surface area contributed by atoms with Crippen LogP contribution in [-0.2, 0) is 28.6 Å². The standard InChI is InChI=1S/C75H140O6/c1-4-7-10-13-16-19-22-25-27-29-31-33-34-35-36-37-38-39-40-42-43-45-47-50-53-56-59-62-65-68-74(77)80-71-72(70-79-73(76)67-64-61-58-55-52-49-24-21-18-15-12-9-6-3)81-75(78)69-66-63-60-57-54-51-48-46-44-41-32-30-28-26-23-20-17-14-11-8-5-2/h12,15,21,24,29,31,72H,4-11,13-14,16-20,22-23,25-28,30,32-71H2,1-3H3/b15-12-,24-21-,31-29-. The van der Waals surface area contributed by atoms with Gasteiger partial charge in [-0.15, -0.1) is 0 Å². The molecule has 6 heteroatoms. The molecule has 476 valence electrons. The first-order valence-electron chi connectivity index (χ1n) is 36.5. The highest BCUT2D eigenvalue weighted by Crippen LogP contribution is 2.19. The maximum Gasteiger partial charge on any atom is 0.306 e. The Bertz CT molecular complexity index is 1350. The third kappa shape index (κ3) is 68.3. The Morgan fingerprint density at radius 3 is 0.741 bits per heavy atom. The molecule has 0 heterocycles. The van der Waals surface area contributed by atoms with E-state index in [0.29, 0.717) is 19.3 Å². The topological polar surface area (TPSA) is 78.9 Å². The van der Waals surface area contributed by atoms with E-state index in [9.17, 15) is 14.4 Å². The minimum Gasteiger partial charge on any atom is -0.462 e. The van der Waals surface area contributed by atoms with Gasteiger partial charge >= 0.3 is 17.9 Å². The number of esters is 3. The summed E-state index contributed by atoms with van der Waals surface area (Å²) in [5.41, 5.74) is 0. The summed E-state index contributed by atoms with van der Waals surface area (Å²) in [5.74, 6) is -0.855. The first-order valence-corrected chi connectivity index (χ1v) is 36.5. The van der Waals surface area contributed by atoms with E-state index in [1.807, 2.05) is 0 Å². The Balaban J connectivity index is 4.18. The van der Waals surface area contributed by atoms with Crippen LogP contribution in [0, 0.1) is 0 Å². The van der Waals surface area contributed by atoms with Gasteiger partial charge in [0, 0.05) is 19.3 Å². The van der Waals surface area contributed by atoms with E-state index in [2.05, 4.69) is 57.2 Å². The molecule has 0 aliphatic heterocycles. The molecule has 0 radical (unpaired) electrons. The highest BCUT2D eigenvalue weighted by molar-refractivity contribution is 5.71. The molecule has 0 saturated carbocycles. The van der Waals surface area contributed by atoms with Crippen molar-refractivity contribution >= 4 is 17.9 Å². The Morgan fingerprint density at radius 1 is 0.247 bits per heavy atom. The monoisotopic (exact) mass is 1140 g/mol. The van der Waals surface area contributed by atoms with Gasteiger partial charge in [-0.1, -0.05) is 353 Å². The molecule has 0 aliphatic rings. The highest BCUT2D eigenvalue weighted by Gasteiger charge is 2.19. The number of unbranched alkanes of at least 4 members (excludes halogenated alkanes) is 51. The lowest BCUT2D eigenvalue weighted by atomic mass is 10.0. The normalized spacial score (nSPS) is 12.2. The Hall–Kier alpha value is -2.37. The Kier molecular flexibility index (Phi) is 68.1. The third-order valence-corrected chi connectivity index (χ3v) is 16.6. The second kappa shape index (κ2) is 70.1. The summed E-state index contributed by atoms with van der Waals surface area (Å²) in [7, 11) is 0. The average Bonchev–Trinajstić information content (AvgIpc) is 3.46. The molecule has 0 rings (SSSR count). The Morgan fingerprint density at radius 2 is 0.469 bits per heavy atom. The molecule has 81 heavy (non-hydrogen) atoms. The fraction of sp³-hybridized carbons (Fsp3) is 0.880. The number of allylic oxidation sites excluding steroid dienone is 6. The minimum atomic E-state index is -0.776. The van der Waals surface area contributed by atoms with Crippen molar-refractivity contribution in [1.82, 2.24) is 0 Å². The third-order valence-electron chi connectivity index (χ3n) is 16.6. The molecule has 0 bridgehead atoms. The first-order chi connectivity index (χ1) is 40.0. The molecular formula is C75H140O6. The molecule has 0 spiro atoms. The average molecular weight is 1140 g/mol. The van der Waals surface area contributed by atoms with E-state index in [0.717, 1.165) is 83.5 Å². The second-order valence-corrected chi connectivity index (χ2v) is 24.9. The molecule has 0 aromatic rings. The molecule has 6 nitrogen and oxygen atoms in total. The number of rotatable bonds is 68. The smallest absolute Gasteiger partial charge is 0.306 e. The van der Waals surface area contributed by atoms with E-state index >= 15 is 0 Å². The molecule has 0 N–H and O–H groups in total. The lowest BCUT2D eigenvalue weighted by Crippen LogP contribution is -2.30. The van der Waals surface area contributed by atoms with Gasteiger partial charge in [-0.3, -0.25) is 14.4 Å². The number of hydrogen-bond donors (Lipinski definition) is 0. The minimum absolute atomic E-state index is 0.0711. The molecule has 1 atom stereocenters. The van der Waals surface area contributed by atoms with Gasteiger partial charge in [-0.05, 0) is 70.6 Å². The fourth-order valence-corrected chi connectivity index (χ4v) is 11.1. The van der Waals surface area contributed by atoms with Crippen molar-refractivity contribution in [3.63, 3.8) is 0 Å². The molecule has 0 aromatic heterocycles. The molecule has 0 fully saturated rings. The summed E-state index contributed by atoms with van der Waals surface area (Å²) in [6.45, 7) is 6.64. The number of ether oxygens (including phenoxy) is 3. The predicted molar refractivity (Wildman–Crippen MR) is 353 cm³/mol. The number of carbonyl (C=O) groups excluding carboxylic acids is 3. The van der Waals surface area contributed by atoms with Gasteiger partial charge in [0.2, 0.25) is 0 Å². The van der Waals surface area contributed by atoms with E-state index < -0.39 is 6.10 Å². The van der Waals surface area contributed by atoms with Crippen molar-refractivity contribution in [3.8, 4) is 0 Å². The maximum atomic E-state index is 13.0. The highest BCUT2D eigenvalue weighted by atomic mass is 16.6. The first kappa shape index (κ1) is 78.6. The van der Waals surface area contributed by atoms with Gasteiger partial charge in [0.25, 0.3) is 0 Å². The summed E-state index contributed by atoms with van der Waals surface area (Å²) in [4.78, 5) is 38.4. The second-order valence-electron chi connectivity index (χ2n) is 24.9. The zero-order valence-electron chi connectivity index (χ0n) is 54.8. The summed E-state index contributed by atoms with van der Waals surface area (Å²) in [6.07, 6.45) is 87.6. The van der Waals surface area contributed by atoms with Crippen LogP contribution in [-0.4, -0.2) is 37.2 Å². The fourth-order valence-electron chi connectivity index (χ4n) is 11.1. The number of hydrogen-bond acceptors (Lipinski definition) is 6. The van der Waals surface area contributed by atoms with Crippen LogP contribution in [0.4, 0.5) is 0 Å². The largest absolute Gasteiger partial charge is 0.462 e. The van der Waals surface area contributed by atoms with Crippen LogP contribution in [0.25, 0.3) is 0 Å². The SMILES string of the molecule is CCC/C=C\C/C=C\CCCCCCCC(=O)OCC(COC(=O)CCCCCCCCCCCCCCCCCCC/C=C\CCCCCCCCCC)OC(=O)CCCCCCCCCCCCCCCCCCCCCCC.